The predicted molar refractivity (Wildman–Crippen MR) is 169 cm³/mol. The molecule has 0 aliphatic rings. The van der Waals surface area contributed by atoms with E-state index >= 15 is 0 Å². The summed E-state index contributed by atoms with van der Waals surface area (Å²) >= 11 is 0. The van der Waals surface area contributed by atoms with Gasteiger partial charge in [0.05, 0.1) is 6.61 Å². The number of hydrogen-bond acceptors (Lipinski definition) is 5. The molecule has 1 unspecified atom stereocenters. The minimum Gasteiger partial charge on any atom is -0.462 e. The number of hydrogen-bond donors (Lipinski definition) is 0. The summed E-state index contributed by atoms with van der Waals surface area (Å²) in [5, 5.41) is 0. The molecule has 0 bridgehead atoms. The zero-order chi connectivity index (χ0) is 29.4. The summed E-state index contributed by atoms with van der Waals surface area (Å²) in [5.41, 5.74) is 0. The van der Waals surface area contributed by atoms with Gasteiger partial charge in [-0.25, -0.2) is 0 Å². The second-order valence-electron chi connectivity index (χ2n) is 11.4. The molecular formula is C35H66O5. The van der Waals surface area contributed by atoms with Gasteiger partial charge in [0.15, 0.2) is 6.10 Å². The van der Waals surface area contributed by atoms with Gasteiger partial charge in [0.2, 0.25) is 0 Å². The molecular weight excluding hydrogens is 500 g/mol. The van der Waals surface area contributed by atoms with E-state index in [-0.39, 0.29) is 25.2 Å². The van der Waals surface area contributed by atoms with Crippen LogP contribution in [-0.2, 0) is 23.8 Å². The van der Waals surface area contributed by atoms with E-state index in [0.29, 0.717) is 19.4 Å². The van der Waals surface area contributed by atoms with Gasteiger partial charge in [-0.3, -0.25) is 9.59 Å². The van der Waals surface area contributed by atoms with E-state index in [9.17, 15) is 9.59 Å². The van der Waals surface area contributed by atoms with Crippen LogP contribution in [0.1, 0.15) is 175 Å². The van der Waals surface area contributed by atoms with Crippen LogP contribution in [0.3, 0.4) is 0 Å². The molecule has 0 spiro atoms. The topological polar surface area (TPSA) is 61.8 Å². The number of ether oxygens (including phenoxy) is 3. The Labute approximate surface area is 248 Å². The van der Waals surface area contributed by atoms with E-state index in [1.807, 2.05) is 0 Å². The molecule has 0 saturated carbocycles. The van der Waals surface area contributed by atoms with Crippen molar-refractivity contribution in [3.63, 3.8) is 0 Å². The van der Waals surface area contributed by atoms with E-state index in [0.717, 1.165) is 51.4 Å². The van der Waals surface area contributed by atoms with Crippen molar-refractivity contribution in [2.75, 3.05) is 19.8 Å². The monoisotopic (exact) mass is 566 g/mol. The fraction of sp³-hybridized carbons (Fsp3) is 0.886. The van der Waals surface area contributed by atoms with Crippen LogP contribution in [0.4, 0.5) is 0 Å². The van der Waals surface area contributed by atoms with Gasteiger partial charge in [0.25, 0.3) is 0 Å². The Morgan fingerprint density at radius 2 is 1.00 bits per heavy atom. The van der Waals surface area contributed by atoms with Crippen molar-refractivity contribution >= 4 is 11.9 Å². The number of allylic oxidation sites excluding steroid dienone is 2. The maximum atomic E-state index is 12.4. The number of carbonyl (C=O) groups is 2. The summed E-state index contributed by atoms with van der Waals surface area (Å²) < 4.78 is 17.0. The van der Waals surface area contributed by atoms with Crippen LogP contribution in [0.15, 0.2) is 12.2 Å². The van der Waals surface area contributed by atoms with Crippen molar-refractivity contribution in [1.29, 1.82) is 0 Å². The van der Waals surface area contributed by atoms with E-state index in [1.165, 1.54) is 89.9 Å². The normalized spacial score (nSPS) is 12.2. The molecule has 0 fully saturated rings. The quantitative estimate of drug-likeness (QED) is 0.0474. The predicted octanol–water partition coefficient (Wildman–Crippen LogP) is 10.4. The van der Waals surface area contributed by atoms with Gasteiger partial charge in [-0.1, -0.05) is 136 Å². The Hall–Kier alpha value is -1.36. The van der Waals surface area contributed by atoms with Crippen LogP contribution in [0.25, 0.3) is 0 Å². The van der Waals surface area contributed by atoms with Crippen LogP contribution < -0.4 is 0 Å². The largest absolute Gasteiger partial charge is 0.462 e. The van der Waals surface area contributed by atoms with Crippen molar-refractivity contribution < 1.29 is 23.8 Å². The second-order valence-corrected chi connectivity index (χ2v) is 11.4. The summed E-state index contributed by atoms with van der Waals surface area (Å²) in [4.78, 5) is 24.7. The number of esters is 2. The van der Waals surface area contributed by atoms with Gasteiger partial charge in [-0.05, 0) is 38.5 Å². The number of rotatable bonds is 31. The first-order valence-corrected chi connectivity index (χ1v) is 17.2. The molecule has 5 heteroatoms. The molecule has 1 atom stereocenters. The molecule has 0 amide bonds. The number of unbranched alkanes of at least 4 members (excludes halogenated alkanes) is 18. The van der Waals surface area contributed by atoms with Gasteiger partial charge in [0.1, 0.15) is 6.61 Å². The van der Waals surface area contributed by atoms with Crippen LogP contribution in [-0.4, -0.2) is 37.9 Å². The van der Waals surface area contributed by atoms with Crippen LogP contribution >= 0.6 is 0 Å². The first kappa shape index (κ1) is 38.6. The molecule has 0 N–H and O–H groups in total. The molecule has 40 heavy (non-hydrogen) atoms. The highest BCUT2D eigenvalue weighted by atomic mass is 16.6. The van der Waals surface area contributed by atoms with Crippen molar-refractivity contribution in [3.8, 4) is 0 Å². The van der Waals surface area contributed by atoms with E-state index in [2.05, 4.69) is 32.9 Å². The van der Waals surface area contributed by atoms with E-state index < -0.39 is 6.10 Å². The smallest absolute Gasteiger partial charge is 0.306 e. The van der Waals surface area contributed by atoms with Gasteiger partial charge in [-0.2, -0.15) is 0 Å². The lowest BCUT2D eigenvalue weighted by atomic mass is 10.1. The fourth-order valence-electron chi connectivity index (χ4n) is 4.66. The van der Waals surface area contributed by atoms with Crippen molar-refractivity contribution in [1.82, 2.24) is 0 Å². The highest BCUT2D eigenvalue weighted by Gasteiger charge is 2.17. The lowest BCUT2D eigenvalue weighted by Gasteiger charge is -2.18. The van der Waals surface area contributed by atoms with Crippen LogP contribution in [0, 0.1) is 0 Å². The molecule has 0 aromatic carbocycles. The minimum absolute atomic E-state index is 0.0858. The highest BCUT2D eigenvalue weighted by molar-refractivity contribution is 5.70. The molecule has 0 aliphatic carbocycles. The summed E-state index contributed by atoms with van der Waals surface area (Å²) in [7, 11) is 0. The Balaban J connectivity index is 4.17. The molecule has 0 radical (unpaired) electrons. The third-order valence-electron chi connectivity index (χ3n) is 7.30. The Kier molecular flexibility index (Phi) is 31.1. The summed E-state index contributed by atoms with van der Waals surface area (Å²) in [5.74, 6) is -0.416. The van der Waals surface area contributed by atoms with Crippen LogP contribution in [0.2, 0.25) is 0 Å². The Morgan fingerprint density at radius 3 is 1.60 bits per heavy atom. The molecule has 0 heterocycles. The Bertz CT molecular complexity index is 574. The molecule has 0 aliphatic heterocycles. The third kappa shape index (κ3) is 29.6. The average molecular weight is 567 g/mol. The first-order valence-electron chi connectivity index (χ1n) is 17.2. The zero-order valence-electron chi connectivity index (χ0n) is 26.9. The standard InChI is InChI=1S/C35H66O5/c1-4-7-10-13-16-17-18-19-21-22-25-28-34(36)39-32-33(31-38-30-27-24-15-12-9-6-3)40-35(37)29-26-23-20-14-11-8-5-2/h13,16,33H,4-12,14-15,17-32H2,1-3H3/b16-13-. The molecule has 236 valence electrons. The second kappa shape index (κ2) is 32.2. The van der Waals surface area contributed by atoms with E-state index in [4.69, 9.17) is 14.2 Å². The summed E-state index contributed by atoms with van der Waals surface area (Å²) in [6.45, 7) is 7.70. The molecule has 5 nitrogen and oxygen atoms in total. The molecule has 0 aromatic rings. The lowest BCUT2D eigenvalue weighted by molar-refractivity contribution is -0.163. The summed E-state index contributed by atoms with van der Waals surface area (Å²) in [6.07, 6.45) is 30.7. The maximum Gasteiger partial charge on any atom is 0.306 e. The van der Waals surface area contributed by atoms with Crippen molar-refractivity contribution in [3.05, 3.63) is 12.2 Å². The number of carbonyl (C=O) groups excluding carboxylic acids is 2. The molecule has 0 rings (SSSR count). The van der Waals surface area contributed by atoms with Gasteiger partial charge in [-0.15, -0.1) is 0 Å². The Morgan fingerprint density at radius 1 is 0.525 bits per heavy atom. The third-order valence-corrected chi connectivity index (χ3v) is 7.30. The molecule has 0 saturated heterocycles. The average Bonchev–Trinajstić information content (AvgIpc) is 2.95. The van der Waals surface area contributed by atoms with Crippen LogP contribution in [0.5, 0.6) is 0 Å². The minimum atomic E-state index is -0.522. The lowest BCUT2D eigenvalue weighted by Crippen LogP contribution is -2.30. The maximum absolute atomic E-state index is 12.4. The summed E-state index contributed by atoms with van der Waals surface area (Å²) in [6, 6.07) is 0. The highest BCUT2D eigenvalue weighted by Crippen LogP contribution is 2.12. The van der Waals surface area contributed by atoms with Crippen molar-refractivity contribution in [2.45, 2.75) is 181 Å². The first-order chi connectivity index (χ1) is 19.6. The molecule has 0 aromatic heterocycles. The van der Waals surface area contributed by atoms with Gasteiger partial charge >= 0.3 is 11.9 Å². The van der Waals surface area contributed by atoms with Gasteiger partial charge < -0.3 is 14.2 Å². The van der Waals surface area contributed by atoms with Crippen molar-refractivity contribution in [2.24, 2.45) is 0 Å². The zero-order valence-corrected chi connectivity index (χ0v) is 26.9. The SMILES string of the molecule is CCCC/C=C\CCCCCCCC(=O)OCC(COCCCCCCCC)OC(=O)CCCCCCCCC. The van der Waals surface area contributed by atoms with E-state index in [1.54, 1.807) is 0 Å². The fourth-order valence-corrected chi connectivity index (χ4v) is 4.66. The van der Waals surface area contributed by atoms with Gasteiger partial charge in [0, 0.05) is 19.4 Å².